The van der Waals surface area contributed by atoms with Crippen molar-refractivity contribution in [2.75, 3.05) is 5.32 Å². The third-order valence-corrected chi connectivity index (χ3v) is 5.11. The first kappa shape index (κ1) is 19.8. The number of hydrogen-bond donors (Lipinski definition) is 2. The van der Waals surface area contributed by atoms with E-state index in [1.165, 1.54) is 11.3 Å². The monoisotopic (exact) mass is 393 g/mol. The van der Waals surface area contributed by atoms with Crippen LogP contribution in [-0.4, -0.2) is 22.8 Å². The number of carbonyl (C=O) groups excluding carboxylic acids is 2. The summed E-state index contributed by atoms with van der Waals surface area (Å²) in [6.45, 7) is 5.76. The summed E-state index contributed by atoms with van der Waals surface area (Å²) >= 11 is 1.36. The number of aryl methyl sites for hydroxylation is 1. The van der Waals surface area contributed by atoms with Crippen molar-refractivity contribution in [1.82, 2.24) is 10.3 Å². The van der Waals surface area contributed by atoms with Crippen LogP contribution < -0.4 is 10.6 Å². The van der Waals surface area contributed by atoms with Gasteiger partial charge in [-0.05, 0) is 25.0 Å². The van der Waals surface area contributed by atoms with Crippen LogP contribution in [0.1, 0.15) is 29.8 Å². The molecule has 0 aliphatic rings. The Morgan fingerprint density at radius 2 is 1.68 bits per heavy atom. The molecule has 28 heavy (non-hydrogen) atoms. The van der Waals surface area contributed by atoms with Gasteiger partial charge in [0.2, 0.25) is 5.91 Å². The summed E-state index contributed by atoms with van der Waals surface area (Å²) < 4.78 is 0. The Balaban J connectivity index is 1.69. The van der Waals surface area contributed by atoms with Crippen LogP contribution in [0.2, 0.25) is 0 Å². The minimum atomic E-state index is -0.655. The molecule has 2 aromatic carbocycles. The van der Waals surface area contributed by atoms with Gasteiger partial charge < -0.3 is 10.6 Å². The molecule has 5 nitrogen and oxygen atoms in total. The van der Waals surface area contributed by atoms with Gasteiger partial charge in [-0.1, -0.05) is 61.9 Å². The van der Waals surface area contributed by atoms with Crippen LogP contribution >= 0.6 is 11.3 Å². The van der Waals surface area contributed by atoms with E-state index in [-0.39, 0.29) is 17.7 Å². The summed E-state index contributed by atoms with van der Waals surface area (Å²) in [6, 6.07) is 16.4. The number of thiazole rings is 1. The number of nitrogens with one attached hydrogen (secondary N) is 2. The van der Waals surface area contributed by atoms with Crippen molar-refractivity contribution in [3.8, 4) is 11.3 Å². The van der Waals surface area contributed by atoms with Gasteiger partial charge in [-0.2, -0.15) is 0 Å². The Labute approximate surface area is 168 Å². The number of rotatable bonds is 6. The van der Waals surface area contributed by atoms with Gasteiger partial charge >= 0.3 is 0 Å². The highest BCUT2D eigenvalue weighted by Gasteiger charge is 2.25. The summed E-state index contributed by atoms with van der Waals surface area (Å²) in [5.41, 5.74) is 3.41. The van der Waals surface area contributed by atoms with Crippen molar-refractivity contribution in [3.05, 3.63) is 71.1 Å². The van der Waals surface area contributed by atoms with E-state index in [0.29, 0.717) is 10.7 Å². The van der Waals surface area contributed by atoms with E-state index in [9.17, 15) is 9.59 Å². The SMILES string of the molecule is Cc1ccc(C(=O)NC(C(=O)Nc2nc(-c3ccccc3)cs2)C(C)C)cc1. The highest BCUT2D eigenvalue weighted by atomic mass is 32.1. The zero-order valence-corrected chi connectivity index (χ0v) is 16.9. The van der Waals surface area contributed by atoms with Crippen LogP contribution in [-0.2, 0) is 4.79 Å². The van der Waals surface area contributed by atoms with Crippen LogP contribution in [0.25, 0.3) is 11.3 Å². The van der Waals surface area contributed by atoms with Gasteiger partial charge in [0.25, 0.3) is 5.91 Å². The van der Waals surface area contributed by atoms with Gasteiger partial charge in [-0.3, -0.25) is 9.59 Å². The van der Waals surface area contributed by atoms with Crippen LogP contribution in [0.15, 0.2) is 60.0 Å². The molecule has 0 fully saturated rings. The molecule has 3 aromatic rings. The lowest BCUT2D eigenvalue weighted by molar-refractivity contribution is -0.118. The third-order valence-electron chi connectivity index (χ3n) is 4.35. The average molecular weight is 394 g/mol. The van der Waals surface area contributed by atoms with E-state index in [4.69, 9.17) is 0 Å². The number of anilines is 1. The van der Waals surface area contributed by atoms with E-state index in [0.717, 1.165) is 16.8 Å². The summed E-state index contributed by atoms with van der Waals surface area (Å²) in [4.78, 5) is 29.8. The normalized spacial score (nSPS) is 11.9. The van der Waals surface area contributed by atoms with E-state index in [1.54, 1.807) is 12.1 Å². The second-order valence-corrected chi connectivity index (χ2v) is 7.81. The van der Waals surface area contributed by atoms with Crippen molar-refractivity contribution < 1.29 is 9.59 Å². The number of carbonyl (C=O) groups is 2. The fourth-order valence-corrected chi connectivity index (χ4v) is 3.44. The van der Waals surface area contributed by atoms with Crippen LogP contribution in [0.3, 0.4) is 0 Å². The molecule has 144 valence electrons. The lowest BCUT2D eigenvalue weighted by Gasteiger charge is -2.21. The lowest BCUT2D eigenvalue weighted by Crippen LogP contribution is -2.47. The first-order chi connectivity index (χ1) is 13.4. The van der Waals surface area contributed by atoms with Crippen LogP contribution in [0, 0.1) is 12.8 Å². The van der Waals surface area contributed by atoms with E-state index >= 15 is 0 Å². The molecule has 1 unspecified atom stereocenters. The molecule has 3 rings (SSSR count). The Morgan fingerprint density at radius 1 is 1.00 bits per heavy atom. The number of nitrogens with zero attached hydrogens (tertiary/aromatic N) is 1. The Hall–Kier alpha value is -2.99. The maximum absolute atomic E-state index is 12.8. The lowest BCUT2D eigenvalue weighted by atomic mass is 10.0. The zero-order valence-electron chi connectivity index (χ0n) is 16.1. The molecular formula is C22H23N3O2S. The fraction of sp³-hybridized carbons (Fsp3) is 0.227. The number of amides is 2. The van der Waals surface area contributed by atoms with Crippen molar-refractivity contribution in [3.63, 3.8) is 0 Å². The standard InChI is InChI=1S/C22H23N3O2S/c1-14(2)19(24-20(26)17-11-9-15(3)10-12-17)21(27)25-22-23-18(13-28-22)16-7-5-4-6-8-16/h4-14,19H,1-3H3,(H,24,26)(H,23,25,27). The zero-order chi connectivity index (χ0) is 20.1. The largest absolute Gasteiger partial charge is 0.340 e. The molecule has 2 amide bonds. The molecule has 2 N–H and O–H groups in total. The highest BCUT2D eigenvalue weighted by molar-refractivity contribution is 7.14. The highest BCUT2D eigenvalue weighted by Crippen LogP contribution is 2.25. The molecular weight excluding hydrogens is 370 g/mol. The molecule has 0 aliphatic heterocycles. The van der Waals surface area contributed by atoms with E-state index in [1.807, 2.05) is 68.6 Å². The summed E-state index contributed by atoms with van der Waals surface area (Å²) in [6.07, 6.45) is 0. The maximum Gasteiger partial charge on any atom is 0.251 e. The summed E-state index contributed by atoms with van der Waals surface area (Å²) in [5, 5.41) is 8.09. The predicted octanol–water partition coefficient (Wildman–Crippen LogP) is 4.51. The van der Waals surface area contributed by atoms with E-state index < -0.39 is 6.04 Å². The van der Waals surface area contributed by atoms with Crippen molar-refractivity contribution in [2.24, 2.45) is 5.92 Å². The van der Waals surface area contributed by atoms with Gasteiger partial charge in [0.1, 0.15) is 6.04 Å². The third kappa shape index (κ3) is 4.84. The first-order valence-electron chi connectivity index (χ1n) is 9.13. The Morgan fingerprint density at radius 3 is 2.32 bits per heavy atom. The molecule has 0 bridgehead atoms. The molecule has 6 heteroatoms. The smallest absolute Gasteiger partial charge is 0.251 e. The maximum atomic E-state index is 12.8. The van der Waals surface area contributed by atoms with E-state index in [2.05, 4.69) is 15.6 Å². The summed E-state index contributed by atoms with van der Waals surface area (Å²) in [5.74, 6) is -0.606. The van der Waals surface area contributed by atoms with Gasteiger partial charge in [0.15, 0.2) is 5.13 Å². The quantitative estimate of drug-likeness (QED) is 0.647. The van der Waals surface area contributed by atoms with Crippen molar-refractivity contribution in [2.45, 2.75) is 26.8 Å². The molecule has 0 saturated heterocycles. The Bertz CT molecular complexity index is 949. The molecule has 1 heterocycles. The second kappa shape index (κ2) is 8.80. The van der Waals surface area contributed by atoms with Crippen LogP contribution in [0.4, 0.5) is 5.13 Å². The van der Waals surface area contributed by atoms with Gasteiger partial charge in [0.05, 0.1) is 5.69 Å². The fourth-order valence-electron chi connectivity index (χ4n) is 2.72. The van der Waals surface area contributed by atoms with Crippen molar-refractivity contribution in [1.29, 1.82) is 0 Å². The van der Waals surface area contributed by atoms with Gasteiger partial charge in [-0.15, -0.1) is 11.3 Å². The predicted molar refractivity (Wildman–Crippen MR) is 113 cm³/mol. The molecule has 1 atom stereocenters. The molecule has 0 aliphatic carbocycles. The Kier molecular flexibility index (Phi) is 6.21. The topological polar surface area (TPSA) is 71.1 Å². The number of hydrogen-bond acceptors (Lipinski definition) is 4. The molecule has 0 spiro atoms. The number of aromatic nitrogens is 1. The first-order valence-corrected chi connectivity index (χ1v) is 10.0. The van der Waals surface area contributed by atoms with Gasteiger partial charge in [0, 0.05) is 16.5 Å². The summed E-state index contributed by atoms with van der Waals surface area (Å²) in [7, 11) is 0. The molecule has 0 saturated carbocycles. The second-order valence-electron chi connectivity index (χ2n) is 6.95. The minimum absolute atomic E-state index is 0.0667. The molecule has 1 aromatic heterocycles. The average Bonchev–Trinajstić information content (AvgIpc) is 3.15. The number of benzene rings is 2. The van der Waals surface area contributed by atoms with Gasteiger partial charge in [-0.25, -0.2) is 4.98 Å². The van der Waals surface area contributed by atoms with Crippen molar-refractivity contribution >= 4 is 28.3 Å². The minimum Gasteiger partial charge on any atom is -0.340 e. The van der Waals surface area contributed by atoms with Crippen LogP contribution in [0.5, 0.6) is 0 Å². The molecule has 0 radical (unpaired) electrons.